The summed E-state index contributed by atoms with van der Waals surface area (Å²) >= 11 is 0. The van der Waals surface area contributed by atoms with Crippen molar-refractivity contribution in [2.24, 2.45) is 0 Å². The average molecular weight is 1040 g/mol. The van der Waals surface area contributed by atoms with Crippen LogP contribution in [0.4, 0.5) is 0 Å². The molecule has 11 unspecified atom stereocenters. The van der Waals surface area contributed by atoms with Gasteiger partial charge in [0.1, 0.15) is 54.9 Å². The fraction of sp³-hybridized carbons (Fsp3) is 0.915. The summed E-state index contributed by atoms with van der Waals surface area (Å²) in [4.78, 5) is 13.1. The largest absolute Gasteiger partial charge is 0.457 e. The minimum atomic E-state index is -1.71. The molecule has 0 aromatic heterocycles. The molecule has 0 spiro atoms. The minimum absolute atomic E-state index is 0.0633. The Kier molecular flexibility index (Phi) is 43.1. The highest BCUT2D eigenvalue weighted by Crippen LogP contribution is 2.27. The van der Waals surface area contributed by atoms with Gasteiger partial charge in [0.25, 0.3) is 0 Å². The third-order valence-electron chi connectivity index (χ3n) is 14.4. The Labute approximate surface area is 443 Å². The number of hydrogen-bond acceptors (Lipinski definition) is 14. The van der Waals surface area contributed by atoms with Crippen LogP contribution in [0.15, 0.2) is 24.3 Å². The van der Waals surface area contributed by atoms with Gasteiger partial charge in [-0.15, -0.1) is 0 Å². The Bertz CT molecular complexity index is 1300. The number of aliphatic hydroxyl groups is 7. The highest BCUT2D eigenvalue weighted by atomic mass is 16.7. The van der Waals surface area contributed by atoms with Crippen LogP contribution in [0.25, 0.3) is 0 Å². The van der Waals surface area contributed by atoms with Crippen molar-refractivity contribution in [2.75, 3.05) is 33.0 Å². The van der Waals surface area contributed by atoms with Crippen molar-refractivity contribution in [3.63, 3.8) is 0 Å². The van der Waals surface area contributed by atoms with Gasteiger partial charge in [0.15, 0.2) is 12.6 Å². The van der Waals surface area contributed by atoms with E-state index in [1.54, 1.807) is 0 Å². The van der Waals surface area contributed by atoms with Gasteiger partial charge in [-0.05, 0) is 64.2 Å². The summed E-state index contributed by atoms with van der Waals surface area (Å²) in [5.41, 5.74) is 0. The van der Waals surface area contributed by atoms with Crippen molar-refractivity contribution in [3.05, 3.63) is 24.3 Å². The van der Waals surface area contributed by atoms with Crippen molar-refractivity contribution < 1.29 is 69.0 Å². The Morgan fingerprint density at radius 1 is 0.438 bits per heavy atom. The lowest BCUT2D eigenvalue weighted by molar-refractivity contribution is -0.332. The second-order valence-electron chi connectivity index (χ2n) is 21.2. The maximum Gasteiger partial charge on any atom is 0.306 e. The number of rotatable bonds is 49. The molecule has 0 bridgehead atoms. The van der Waals surface area contributed by atoms with E-state index in [-0.39, 0.29) is 25.6 Å². The molecule has 2 fully saturated rings. The fourth-order valence-corrected chi connectivity index (χ4v) is 9.57. The topological polar surface area (TPSA) is 214 Å². The van der Waals surface area contributed by atoms with Gasteiger partial charge in [-0.1, -0.05) is 199 Å². The summed E-state index contributed by atoms with van der Waals surface area (Å²) in [5, 5.41) is 72.4. The van der Waals surface area contributed by atoms with Crippen molar-refractivity contribution in [2.45, 2.75) is 313 Å². The zero-order chi connectivity index (χ0) is 53.0. The molecule has 2 aliphatic heterocycles. The van der Waals surface area contributed by atoms with Gasteiger partial charge in [-0.3, -0.25) is 4.79 Å². The van der Waals surface area contributed by atoms with E-state index >= 15 is 0 Å². The number of unbranched alkanes of at least 4 members (excludes halogenated alkanes) is 31. The van der Waals surface area contributed by atoms with Crippen molar-refractivity contribution >= 4 is 5.97 Å². The van der Waals surface area contributed by atoms with Gasteiger partial charge in [-0.25, -0.2) is 0 Å². The molecule has 0 aliphatic carbocycles. The van der Waals surface area contributed by atoms with Crippen molar-refractivity contribution in [1.82, 2.24) is 0 Å². The van der Waals surface area contributed by atoms with E-state index < -0.39 is 80.7 Å². The van der Waals surface area contributed by atoms with E-state index in [0.29, 0.717) is 13.0 Å². The zero-order valence-electron chi connectivity index (χ0n) is 46.1. The number of ether oxygens (including phenoxy) is 6. The molecule has 2 rings (SSSR count). The Morgan fingerprint density at radius 3 is 1.25 bits per heavy atom. The summed E-state index contributed by atoms with van der Waals surface area (Å²) in [7, 11) is 0. The number of carbonyl (C=O) groups excluding carboxylic acids is 1. The normalized spacial score (nSPS) is 25.1. The first-order valence-electron chi connectivity index (χ1n) is 29.9. The molecule has 2 saturated heterocycles. The first-order valence-corrected chi connectivity index (χ1v) is 29.9. The first kappa shape index (κ1) is 67.6. The number of esters is 1. The van der Waals surface area contributed by atoms with Gasteiger partial charge in [0.05, 0.1) is 26.4 Å². The third kappa shape index (κ3) is 33.4. The van der Waals surface area contributed by atoms with Crippen LogP contribution in [0, 0.1) is 0 Å². The smallest absolute Gasteiger partial charge is 0.306 e. The molecule has 0 radical (unpaired) electrons. The Morgan fingerprint density at radius 2 is 0.808 bits per heavy atom. The second-order valence-corrected chi connectivity index (χ2v) is 21.2. The van der Waals surface area contributed by atoms with Crippen LogP contribution in [0.1, 0.15) is 245 Å². The van der Waals surface area contributed by atoms with Crippen LogP contribution < -0.4 is 0 Å². The summed E-state index contributed by atoms with van der Waals surface area (Å²) < 4.78 is 34.4. The Balaban J connectivity index is 1.71. The minimum Gasteiger partial charge on any atom is -0.457 e. The molecule has 2 heterocycles. The molecule has 0 aromatic carbocycles. The molecule has 7 N–H and O–H groups in total. The molecular formula is C59H110O14. The van der Waals surface area contributed by atoms with Crippen LogP contribution in [0.2, 0.25) is 0 Å². The van der Waals surface area contributed by atoms with Gasteiger partial charge in [-0.2, -0.15) is 0 Å². The van der Waals surface area contributed by atoms with Gasteiger partial charge in [0.2, 0.25) is 0 Å². The molecule has 73 heavy (non-hydrogen) atoms. The van der Waals surface area contributed by atoms with Crippen LogP contribution in [-0.2, 0) is 33.2 Å². The quantitative estimate of drug-likeness (QED) is 0.0172. The predicted molar refractivity (Wildman–Crippen MR) is 289 cm³/mol. The fourth-order valence-electron chi connectivity index (χ4n) is 9.57. The molecule has 2 aliphatic rings. The van der Waals surface area contributed by atoms with E-state index in [2.05, 4.69) is 38.2 Å². The van der Waals surface area contributed by atoms with E-state index in [9.17, 15) is 40.5 Å². The number of carbonyl (C=O) groups is 1. The van der Waals surface area contributed by atoms with Crippen LogP contribution >= 0.6 is 0 Å². The third-order valence-corrected chi connectivity index (χ3v) is 14.4. The van der Waals surface area contributed by atoms with Crippen LogP contribution in [0.3, 0.4) is 0 Å². The summed E-state index contributed by atoms with van der Waals surface area (Å²) in [6.45, 7) is 3.72. The van der Waals surface area contributed by atoms with Gasteiger partial charge < -0.3 is 64.2 Å². The predicted octanol–water partition coefficient (Wildman–Crippen LogP) is 10.8. The molecule has 430 valence electrons. The second kappa shape index (κ2) is 46.6. The monoisotopic (exact) mass is 1040 g/mol. The lowest BCUT2D eigenvalue weighted by Gasteiger charge is -2.42. The van der Waals surface area contributed by atoms with Crippen LogP contribution in [0.5, 0.6) is 0 Å². The maximum atomic E-state index is 13.1. The molecule has 11 atom stereocenters. The van der Waals surface area contributed by atoms with Gasteiger partial charge >= 0.3 is 5.97 Å². The molecule has 0 aromatic rings. The lowest BCUT2D eigenvalue weighted by Crippen LogP contribution is -2.61. The lowest BCUT2D eigenvalue weighted by atomic mass is 9.98. The van der Waals surface area contributed by atoms with E-state index in [1.807, 2.05) is 0 Å². The standard InChI is InChI=1S/C59H110O14/c1-3-5-7-9-11-13-15-17-19-21-23-25-27-29-31-33-35-37-39-41-43-68-45-48(71-51(61)42-40-38-36-34-32-30-28-26-24-22-20-18-16-14-12-10-8-6-4-2)46-69-58-57(67)55(65)53(63)50(73-58)47-70-59-56(66)54(64)52(62)49(44-60)72-59/h17-20,48-50,52-60,62-67H,3-16,21-47H2,1-2H3/b19-17-,20-18-. The molecule has 14 heteroatoms. The van der Waals surface area contributed by atoms with Crippen LogP contribution in [-0.4, -0.2) is 142 Å². The SMILES string of the molecule is CCCCCCCC/C=C\CCCCCCCCCCCCOCC(COC1OC(COC2OC(CO)C(O)C(O)C2O)C(O)C(O)C1O)OC(=O)CCCCCCCCCCC/C=C\CCCCCCCC. The summed E-state index contributed by atoms with van der Waals surface area (Å²) in [6.07, 6.45) is 36.6. The molecular weight excluding hydrogens is 933 g/mol. The molecule has 14 nitrogen and oxygen atoms in total. The maximum absolute atomic E-state index is 13.1. The van der Waals surface area contributed by atoms with Crippen molar-refractivity contribution in [3.8, 4) is 0 Å². The highest BCUT2D eigenvalue weighted by molar-refractivity contribution is 5.69. The van der Waals surface area contributed by atoms with E-state index in [4.69, 9.17) is 28.4 Å². The van der Waals surface area contributed by atoms with E-state index in [0.717, 1.165) is 38.5 Å². The molecule has 0 saturated carbocycles. The summed E-state index contributed by atoms with van der Waals surface area (Å²) in [6, 6.07) is 0. The average Bonchev–Trinajstić information content (AvgIpc) is 3.39. The highest BCUT2D eigenvalue weighted by Gasteiger charge is 2.47. The molecule has 0 amide bonds. The number of allylic oxidation sites excluding steroid dienone is 4. The zero-order valence-corrected chi connectivity index (χ0v) is 46.1. The Hall–Kier alpha value is -1.53. The number of hydrogen-bond donors (Lipinski definition) is 7. The first-order chi connectivity index (χ1) is 35.6. The number of aliphatic hydroxyl groups excluding tert-OH is 7. The summed E-state index contributed by atoms with van der Waals surface area (Å²) in [5.74, 6) is -0.375. The van der Waals surface area contributed by atoms with Crippen molar-refractivity contribution in [1.29, 1.82) is 0 Å². The van der Waals surface area contributed by atoms with E-state index in [1.165, 1.54) is 180 Å². The van der Waals surface area contributed by atoms with Gasteiger partial charge in [0, 0.05) is 13.0 Å².